The monoisotopic (exact) mass is 469 g/mol. The molecule has 0 aliphatic carbocycles. The maximum absolute atomic E-state index is 5.09. The number of guanidine groups is 1. The molecule has 2 N–H and O–H groups in total. The number of hydrogen-bond acceptors (Lipinski definition) is 4. The van der Waals surface area contributed by atoms with Crippen molar-refractivity contribution in [3.63, 3.8) is 0 Å². The minimum atomic E-state index is 0. The van der Waals surface area contributed by atoms with Gasteiger partial charge >= 0.3 is 0 Å². The van der Waals surface area contributed by atoms with Gasteiger partial charge in [0.05, 0.1) is 6.54 Å². The van der Waals surface area contributed by atoms with Crippen LogP contribution in [0, 0.1) is 5.92 Å². The molecule has 0 spiro atoms. The van der Waals surface area contributed by atoms with E-state index in [4.69, 9.17) is 9.73 Å². The fourth-order valence-corrected chi connectivity index (χ4v) is 2.89. The Morgan fingerprint density at radius 3 is 2.60 bits per heavy atom. The highest BCUT2D eigenvalue weighted by Gasteiger charge is 2.14. The third kappa shape index (κ3) is 12.8. The fraction of sp³-hybridized carbons (Fsp3) is 0.944. The molecule has 1 aliphatic heterocycles. The first-order chi connectivity index (χ1) is 11.7. The van der Waals surface area contributed by atoms with Gasteiger partial charge in [0.15, 0.2) is 5.96 Å². The first-order valence-corrected chi connectivity index (χ1v) is 9.57. The van der Waals surface area contributed by atoms with Gasteiger partial charge in [-0.25, -0.2) is 0 Å². The van der Waals surface area contributed by atoms with Gasteiger partial charge in [-0.15, -0.1) is 24.0 Å². The number of likely N-dealkylation sites (tertiary alicyclic amines) is 1. The van der Waals surface area contributed by atoms with Crippen molar-refractivity contribution in [2.75, 3.05) is 73.1 Å². The van der Waals surface area contributed by atoms with Crippen molar-refractivity contribution in [3.8, 4) is 0 Å². The lowest BCUT2D eigenvalue weighted by molar-refractivity contribution is 0.180. The van der Waals surface area contributed by atoms with E-state index in [2.05, 4.69) is 41.3 Å². The third-order valence-electron chi connectivity index (χ3n) is 4.58. The molecule has 1 fully saturated rings. The highest BCUT2D eigenvalue weighted by atomic mass is 127. The zero-order valence-electron chi connectivity index (χ0n) is 16.7. The minimum Gasteiger partial charge on any atom is -0.385 e. The van der Waals surface area contributed by atoms with Crippen molar-refractivity contribution in [2.24, 2.45) is 10.9 Å². The second kappa shape index (κ2) is 16.1. The van der Waals surface area contributed by atoms with Gasteiger partial charge in [-0.2, -0.15) is 0 Å². The third-order valence-corrected chi connectivity index (χ3v) is 4.58. The maximum Gasteiger partial charge on any atom is 0.191 e. The Kier molecular flexibility index (Phi) is 16.0. The molecule has 150 valence electrons. The number of likely N-dealkylation sites (N-methyl/N-ethyl adjacent to an activating group) is 1. The van der Waals surface area contributed by atoms with Gasteiger partial charge in [0.2, 0.25) is 0 Å². The normalized spacial score (nSPS) is 16.8. The molecule has 0 bridgehead atoms. The van der Waals surface area contributed by atoms with Gasteiger partial charge in [-0.05, 0) is 52.2 Å². The van der Waals surface area contributed by atoms with E-state index in [1.165, 1.54) is 25.9 Å². The molecule has 0 aromatic heterocycles. The molecule has 0 saturated carbocycles. The summed E-state index contributed by atoms with van der Waals surface area (Å²) in [4.78, 5) is 9.58. The van der Waals surface area contributed by atoms with Gasteiger partial charge < -0.3 is 25.2 Å². The lowest BCUT2D eigenvalue weighted by Gasteiger charge is -2.29. The summed E-state index contributed by atoms with van der Waals surface area (Å²) < 4.78 is 5.09. The Hall–Kier alpha value is -0.120. The summed E-state index contributed by atoms with van der Waals surface area (Å²) in [7, 11) is 3.91. The van der Waals surface area contributed by atoms with Crippen LogP contribution in [0.3, 0.4) is 0 Å². The van der Waals surface area contributed by atoms with Crippen LogP contribution >= 0.6 is 24.0 Å². The number of aliphatic imine (C=N–C) groups is 1. The summed E-state index contributed by atoms with van der Waals surface area (Å²) in [5.41, 5.74) is 0. The molecule has 0 atom stereocenters. The van der Waals surface area contributed by atoms with Gasteiger partial charge in [0.1, 0.15) is 0 Å². The predicted molar refractivity (Wildman–Crippen MR) is 118 cm³/mol. The first-order valence-electron chi connectivity index (χ1n) is 9.57. The quantitative estimate of drug-likeness (QED) is 0.210. The molecule has 7 heteroatoms. The SMILES string of the molecule is CCNC(=NCCN1CCC(C)CC1)NCCN(C)CCCOC.I. The van der Waals surface area contributed by atoms with Gasteiger partial charge in [-0.3, -0.25) is 4.99 Å². The lowest BCUT2D eigenvalue weighted by atomic mass is 9.99. The number of rotatable bonds is 11. The van der Waals surface area contributed by atoms with Crippen molar-refractivity contribution < 1.29 is 4.74 Å². The summed E-state index contributed by atoms with van der Waals surface area (Å²) in [6.45, 7) is 13.6. The van der Waals surface area contributed by atoms with Crippen LogP contribution in [0.15, 0.2) is 4.99 Å². The second-order valence-corrected chi connectivity index (χ2v) is 6.86. The van der Waals surface area contributed by atoms with E-state index in [-0.39, 0.29) is 24.0 Å². The molecule has 1 rings (SSSR count). The number of nitrogens with zero attached hydrogens (tertiary/aromatic N) is 3. The van der Waals surface area contributed by atoms with Crippen molar-refractivity contribution in [1.29, 1.82) is 0 Å². The van der Waals surface area contributed by atoms with Crippen LogP contribution in [0.25, 0.3) is 0 Å². The zero-order chi connectivity index (χ0) is 17.6. The maximum atomic E-state index is 5.09. The largest absolute Gasteiger partial charge is 0.385 e. The van der Waals surface area contributed by atoms with Gasteiger partial charge in [0, 0.05) is 46.4 Å². The van der Waals surface area contributed by atoms with E-state index < -0.39 is 0 Å². The van der Waals surface area contributed by atoms with Gasteiger partial charge in [0.25, 0.3) is 0 Å². The number of hydrogen-bond donors (Lipinski definition) is 2. The number of ether oxygens (including phenoxy) is 1. The van der Waals surface area contributed by atoms with Crippen LogP contribution in [0.5, 0.6) is 0 Å². The van der Waals surface area contributed by atoms with E-state index in [9.17, 15) is 0 Å². The molecule has 1 saturated heterocycles. The number of piperidine rings is 1. The van der Waals surface area contributed by atoms with Crippen LogP contribution in [0.4, 0.5) is 0 Å². The van der Waals surface area contributed by atoms with E-state index in [0.717, 1.165) is 64.2 Å². The average molecular weight is 469 g/mol. The number of methoxy groups -OCH3 is 1. The summed E-state index contributed by atoms with van der Waals surface area (Å²) in [5.74, 6) is 1.83. The number of nitrogens with one attached hydrogen (secondary N) is 2. The highest BCUT2D eigenvalue weighted by molar-refractivity contribution is 14.0. The molecule has 0 aromatic carbocycles. The zero-order valence-corrected chi connectivity index (χ0v) is 19.1. The van der Waals surface area contributed by atoms with E-state index >= 15 is 0 Å². The number of halogens is 1. The van der Waals surface area contributed by atoms with E-state index in [1.54, 1.807) is 7.11 Å². The minimum absolute atomic E-state index is 0. The van der Waals surface area contributed by atoms with Crippen molar-refractivity contribution in [2.45, 2.75) is 33.1 Å². The highest BCUT2D eigenvalue weighted by Crippen LogP contribution is 2.15. The van der Waals surface area contributed by atoms with Gasteiger partial charge in [-0.1, -0.05) is 6.92 Å². The predicted octanol–water partition coefficient (Wildman–Crippen LogP) is 1.86. The topological polar surface area (TPSA) is 52.1 Å². The summed E-state index contributed by atoms with van der Waals surface area (Å²) >= 11 is 0. The van der Waals surface area contributed by atoms with Crippen LogP contribution < -0.4 is 10.6 Å². The fourth-order valence-electron chi connectivity index (χ4n) is 2.89. The Labute approximate surface area is 172 Å². The van der Waals surface area contributed by atoms with Crippen LogP contribution in [0.2, 0.25) is 0 Å². The van der Waals surface area contributed by atoms with Crippen LogP contribution in [-0.4, -0.2) is 88.9 Å². The summed E-state index contributed by atoms with van der Waals surface area (Å²) in [6.07, 6.45) is 3.74. The van der Waals surface area contributed by atoms with Crippen molar-refractivity contribution >= 4 is 29.9 Å². The molecule has 0 radical (unpaired) electrons. The molecule has 0 aromatic rings. The second-order valence-electron chi connectivity index (χ2n) is 6.86. The van der Waals surface area contributed by atoms with Crippen LogP contribution in [-0.2, 0) is 4.74 Å². The smallest absolute Gasteiger partial charge is 0.191 e. The molecule has 0 amide bonds. The molecule has 1 aliphatic rings. The summed E-state index contributed by atoms with van der Waals surface area (Å²) in [6, 6.07) is 0. The Balaban J connectivity index is 0.00000576. The van der Waals surface area contributed by atoms with Crippen LogP contribution in [0.1, 0.15) is 33.1 Å². The average Bonchev–Trinajstić information content (AvgIpc) is 2.57. The lowest BCUT2D eigenvalue weighted by Crippen LogP contribution is -2.42. The van der Waals surface area contributed by atoms with Crippen molar-refractivity contribution in [3.05, 3.63) is 0 Å². The Bertz CT molecular complexity index is 335. The molecular formula is C18H40IN5O. The molecule has 6 nitrogen and oxygen atoms in total. The van der Waals surface area contributed by atoms with E-state index in [1.807, 2.05) is 0 Å². The molecule has 25 heavy (non-hydrogen) atoms. The molecule has 1 heterocycles. The molecular weight excluding hydrogens is 429 g/mol. The Morgan fingerprint density at radius 2 is 1.96 bits per heavy atom. The standard InChI is InChI=1S/C18H39N5O.HI/c1-5-19-18(20-9-14-22(3)11-6-16-24-4)21-10-15-23-12-7-17(2)8-13-23;/h17H,5-16H2,1-4H3,(H2,19,20,21);1H. The molecule has 0 unspecified atom stereocenters. The Morgan fingerprint density at radius 1 is 1.24 bits per heavy atom. The van der Waals surface area contributed by atoms with E-state index in [0.29, 0.717) is 0 Å². The van der Waals surface area contributed by atoms with Crippen molar-refractivity contribution in [1.82, 2.24) is 20.4 Å². The first kappa shape index (κ1) is 24.9. The summed E-state index contributed by atoms with van der Waals surface area (Å²) in [5, 5.41) is 6.77.